The van der Waals surface area contributed by atoms with Gasteiger partial charge in [0.25, 0.3) is 0 Å². The maximum atomic E-state index is 11.6. The van der Waals surface area contributed by atoms with Crippen molar-refractivity contribution < 1.29 is 14.3 Å². The van der Waals surface area contributed by atoms with Crippen LogP contribution in [0, 0.1) is 23.7 Å². The molecule has 0 saturated heterocycles. The summed E-state index contributed by atoms with van der Waals surface area (Å²) in [6.07, 6.45) is 4.00. The third-order valence-corrected chi connectivity index (χ3v) is 3.63. The Morgan fingerprint density at radius 3 is 2.79 bits per heavy atom. The van der Waals surface area contributed by atoms with Gasteiger partial charge in [0.05, 0.1) is 12.5 Å². The van der Waals surface area contributed by atoms with Crippen molar-refractivity contribution >= 4 is 12.3 Å². The van der Waals surface area contributed by atoms with Crippen molar-refractivity contribution in [1.82, 2.24) is 0 Å². The Labute approximate surface area is 83.8 Å². The van der Waals surface area contributed by atoms with E-state index >= 15 is 0 Å². The number of ether oxygens (including phenoxy) is 1. The standard InChI is InChI=1S/C11H16O3/c1-2-14-11(13)10-5-7-3-8(6-12)9(10)4-7/h6-10H,2-5H2,1H3/t7-,8-,9+,10+/m1/s1. The van der Waals surface area contributed by atoms with Gasteiger partial charge in [-0.2, -0.15) is 0 Å². The molecule has 0 aromatic rings. The van der Waals surface area contributed by atoms with Gasteiger partial charge in [0.2, 0.25) is 0 Å². The summed E-state index contributed by atoms with van der Waals surface area (Å²) in [4.78, 5) is 22.3. The second-order valence-electron chi connectivity index (χ2n) is 4.40. The van der Waals surface area contributed by atoms with E-state index in [-0.39, 0.29) is 23.7 Å². The molecule has 2 bridgehead atoms. The number of carbonyl (C=O) groups excluding carboxylic acids is 2. The molecule has 0 aromatic heterocycles. The van der Waals surface area contributed by atoms with Crippen molar-refractivity contribution in [2.75, 3.05) is 6.61 Å². The van der Waals surface area contributed by atoms with E-state index in [1.165, 1.54) is 0 Å². The molecule has 0 N–H and O–H groups in total. The van der Waals surface area contributed by atoms with E-state index < -0.39 is 0 Å². The van der Waals surface area contributed by atoms with Crippen molar-refractivity contribution in [1.29, 1.82) is 0 Å². The molecule has 78 valence electrons. The molecule has 2 rings (SSSR count). The van der Waals surface area contributed by atoms with E-state index in [0.29, 0.717) is 12.5 Å². The van der Waals surface area contributed by atoms with Gasteiger partial charge in [-0.15, -0.1) is 0 Å². The van der Waals surface area contributed by atoms with Crippen LogP contribution in [0.4, 0.5) is 0 Å². The summed E-state index contributed by atoms with van der Waals surface area (Å²) < 4.78 is 5.02. The van der Waals surface area contributed by atoms with Crippen molar-refractivity contribution in [3.8, 4) is 0 Å². The van der Waals surface area contributed by atoms with Crippen molar-refractivity contribution in [2.45, 2.75) is 26.2 Å². The van der Waals surface area contributed by atoms with Crippen LogP contribution < -0.4 is 0 Å². The molecule has 0 spiro atoms. The zero-order valence-corrected chi connectivity index (χ0v) is 8.44. The lowest BCUT2D eigenvalue weighted by atomic mass is 9.81. The topological polar surface area (TPSA) is 43.4 Å². The number of hydrogen-bond acceptors (Lipinski definition) is 3. The molecule has 4 atom stereocenters. The van der Waals surface area contributed by atoms with E-state index in [2.05, 4.69) is 0 Å². The van der Waals surface area contributed by atoms with Gasteiger partial charge in [-0.05, 0) is 38.0 Å². The molecule has 3 nitrogen and oxygen atoms in total. The number of carbonyl (C=O) groups is 2. The molecule has 0 aliphatic heterocycles. The summed E-state index contributed by atoms with van der Waals surface area (Å²) in [5.74, 6) is 0.889. The zero-order chi connectivity index (χ0) is 10.1. The maximum Gasteiger partial charge on any atom is 0.309 e. The lowest BCUT2D eigenvalue weighted by Crippen LogP contribution is -2.29. The quantitative estimate of drug-likeness (QED) is 0.506. The third-order valence-electron chi connectivity index (χ3n) is 3.63. The Hall–Kier alpha value is -0.860. The Balaban J connectivity index is 2.02. The second-order valence-corrected chi connectivity index (χ2v) is 4.40. The fraction of sp³-hybridized carbons (Fsp3) is 0.818. The van der Waals surface area contributed by atoms with E-state index in [1.54, 1.807) is 0 Å². The highest BCUT2D eigenvalue weighted by Crippen LogP contribution is 2.51. The van der Waals surface area contributed by atoms with Crippen LogP contribution in [0.5, 0.6) is 0 Å². The summed E-state index contributed by atoms with van der Waals surface area (Å²) in [6, 6.07) is 0. The third kappa shape index (κ3) is 1.45. The largest absolute Gasteiger partial charge is 0.466 e. The summed E-state index contributed by atoms with van der Waals surface area (Å²) in [5.41, 5.74) is 0. The first-order valence-electron chi connectivity index (χ1n) is 5.38. The summed E-state index contributed by atoms with van der Waals surface area (Å²) in [5, 5.41) is 0. The molecule has 0 amide bonds. The van der Waals surface area contributed by atoms with Gasteiger partial charge >= 0.3 is 5.97 Å². The van der Waals surface area contributed by atoms with Crippen LogP contribution in [0.15, 0.2) is 0 Å². The molecule has 3 heteroatoms. The average molecular weight is 196 g/mol. The highest BCUT2D eigenvalue weighted by Gasteiger charge is 2.49. The molecule has 14 heavy (non-hydrogen) atoms. The minimum absolute atomic E-state index is 0.00361. The first-order valence-corrected chi connectivity index (χ1v) is 5.38. The number of aldehydes is 1. The number of fused-ring (bicyclic) bond motifs is 2. The summed E-state index contributed by atoms with van der Waals surface area (Å²) >= 11 is 0. The fourth-order valence-electron chi connectivity index (χ4n) is 3.08. The highest BCUT2D eigenvalue weighted by molar-refractivity contribution is 5.74. The molecule has 2 aliphatic rings. The van der Waals surface area contributed by atoms with Crippen molar-refractivity contribution in [2.24, 2.45) is 23.7 Å². The van der Waals surface area contributed by atoms with E-state index in [1.807, 2.05) is 6.92 Å². The lowest BCUT2D eigenvalue weighted by Gasteiger charge is -2.24. The Kier molecular flexibility index (Phi) is 2.57. The first-order chi connectivity index (χ1) is 6.76. The van der Waals surface area contributed by atoms with Crippen LogP contribution in [-0.4, -0.2) is 18.9 Å². The van der Waals surface area contributed by atoms with Crippen LogP contribution in [0.2, 0.25) is 0 Å². The Bertz CT molecular complexity index is 249. The summed E-state index contributed by atoms with van der Waals surface area (Å²) in [6.45, 7) is 2.26. The molecule has 0 heterocycles. The minimum atomic E-state index is -0.0912. The van der Waals surface area contributed by atoms with Crippen molar-refractivity contribution in [3.63, 3.8) is 0 Å². The predicted octanol–water partition coefficient (Wildman–Crippen LogP) is 1.41. The molecule has 0 aromatic carbocycles. The van der Waals surface area contributed by atoms with Crippen LogP contribution in [0.3, 0.4) is 0 Å². The summed E-state index contributed by atoms with van der Waals surface area (Å²) in [7, 11) is 0. The molecule has 2 aliphatic carbocycles. The molecule has 0 unspecified atom stereocenters. The number of esters is 1. The van der Waals surface area contributed by atoms with Gasteiger partial charge in [-0.3, -0.25) is 4.79 Å². The predicted molar refractivity (Wildman–Crippen MR) is 50.5 cm³/mol. The number of rotatable bonds is 3. The molecule has 0 radical (unpaired) electrons. The zero-order valence-electron chi connectivity index (χ0n) is 8.44. The van der Waals surface area contributed by atoms with Crippen molar-refractivity contribution in [3.05, 3.63) is 0 Å². The van der Waals surface area contributed by atoms with Gasteiger partial charge in [-0.1, -0.05) is 0 Å². The monoisotopic (exact) mass is 196 g/mol. The van der Waals surface area contributed by atoms with E-state index in [9.17, 15) is 9.59 Å². The van der Waals surface area contributed by atoms with Crippen LogP contribution >= 0.6 is 0 Å². The normalized spacial score (nSPS) is 39.8. The van der Waals surface area contributed by atoms with E-state index in [0.717, 1.165) is 25.5 Å². The van der Waals surface area contributed by atoms with Gasteiger partial charge in [-0.25, -0.2) is 0 Å². The van der Waals surface area contributed by atoms with Gasteiger partial charge in [0.15, 0.2) is 0 Å². The fourth-order valence-corrected chi connectivity index (χ4v) is 3.08. The van der Waals surface area contributed by atoms with Gasteiger partial charge in [0.1, 0.15) is 6.29 Å². The Morgan fingerprint density at radius 2 is 2.21 bits per heavy atom. The van der Waals surface area contributed by atoms with Crippen LogP contribution in [-0.2, 0) is 14.3 Å². The number of hydrogen-bond donors (Lipinski definition) is 0. The lowest BCUT2D eigenvalue weighted by molar-refractivity contribution is -0.150. The van der Waals surface area contributed by atoms with Gasteiger partial charge in [0, 0.05) is 5.92 Å². The molecule has 2 fully saturated rings. The second kappa shape index (κ2) is 3.71. The highest BCUT2D eigenvalue weighted by atomic mass is 16.5. The molecular formula is C11H16O3. The van der Waals surface area contributed by atoms with Crippen LogP contribution in [0.1, 0.15) is 26.2 Å². The van der Waals surface area contributed by atoms with E-state index in [4.69, 9.17) is 4.74 Å². The van der Waals surface area contributed by atoms with Crippen LogP contribution in [0.25, 0.3) is 0 Å². The molecule has 2 saturated carbocycles. The minimum Gasteiger partial charge on any atom is -0.466 e. The first kappa shape index (κ1) is 9.69. The molecular weight excluding hydrogens is 180 g/mol. The van der Waals surface area contributed by atoms with Gasteiger partial charge < -0.3 is 9.53 Å². The smallest absolute Gasteiger partial charge is 0.309 e. The SMILES string of the molecule is CCOC(=O)[C@H]1C[C@H]2C[C@H]1[C@@H](C=O)C2. The average Bonchev–Trinajstić information content (AvgIpc) is 2.76. The maximum absolute atomic E-state index is 11.6. The Morgan fingerprint density at radius 1 is 1.43 bits per heavy atom.